The zero-order chi connectivity index (χ0) is 15.7. The Balaban J connectivity index is 2.08. The molecule has 1 N–H and O–H groups in total. The predicted octanol–water partition coefficient (Wildman–Crippen LogP) is -0.529. The largest absolute Gasteiger partial charge is 0.463 e. The van der Waals surface area contributed by atoms with Gasteiger partial charge in [0.1, 0.15) is 6.61 Å². The number of cyclic esters (lactones) is 1. The fraction of sp³-hybridized carbons (Fsp3) is 0.538. The highest BCUT2D eigenvalue weighted by molar-refractivity contribution is 5.82. The van der Waals surface area contributed by atoms with Gasteiger partial charge in [0.25, 0.3) is 0 Å². The Labute approximate surface area is 121 Å². The number of amides is 1. The third-order valence-electron chi connectivity index (χ3n) is 2.55. The smallest absolute Gasteiger partial charge is 0.347 e. The molecule has 0 radical (unpaired) electrons. The molecule has 0 bridgehead atoms. The van der Waals surface area contributed by atoms with Crippen molar-refractivity contribution in [1.29, 1.82) is 0 Å². The van der Waals surface area contributed by atoms with Crippen LogP contribution in [0.5, 0.6) is 0 Å². The number of rotatable bonds is 8. The van der Waals surface area contributed by atoms with E-state index in [1.165, 1.54) is 0 Å². The molecule has 1 saturated heterocycles. The SMILES string of the molecule is C=CC(=O)OCCC(=O)NCCC(=O)OC1CCOC1=O. The van der Waals surface area contributed by atoms with Crippen molar-refractivity contribution in [1.82, 2.24) is 5.32 Å². The van der Waals surface area contributed by atoms with E-state index in [2.05, 4.69) is 21.4 Å². The van der Waals surface area contributed by atoms with E-state index in [4.69, 9.17) is 4.74 Å². The number of ether oxygens (including phenoxy) is 3. The van der Waals surface area contributed by atoms with Gasteiger partial charge in [-0.25, -0.2) is 9.59 Å². The van der Waals surface area contributed by atoms with Gasteiger partial charge < -0.3 is 19.5 Å². The number of esters is 3. The van der Waals surface area contributed by atoms with Crippen LogP contribution in [-0.4, -0.2) is 49.7 Å². The summed E-state index contributed by atoms with van der Waals surface area (Å²) in [5.74, 6) is -2.09. The number of carbonyl (C=O) groups is 4. The average molecular weight is 299 g/mol. The summed E-state index contributed by atoms with van der Waals surface area (Å²) < 4.78 is 14.2. The second-order valence-electron chi connectivity index (χ2n) is 4.16. The lowest BCUT2D eigenvalue weighted by atomic mass is 10.3. The molecular weight excluding hydrogens is 282 g/mol. The van der Waals surface area contributed by atoms with Crippen LogP contribution < -0.4 is 5.32 Å². The Bertz CT molecular complexity index is 432. The minimum atomic E-state index is -0.841. The topological polar surface area (TPSA) is 108 Å². The molecule has 116 valence electrons. The molecule has 1 aliphatic heterocycles. The molecule has 0 spiro atoms. The number of hydrogen-bond donors (Lipinski definition) is 1. The second kappa shape index (κ2) is 8.72. The molecule has 1 aliphatic rings. The lowest BCUT2D eigenvalue weighted by molar-refractivity contribution is -0.160. The molecule has 1 atom stereocenters. The number of nitrogens with one attached hydrogen (secondary N) is 1. The maximum atomic E-state index is 11.4. The lowest BCUT2D eigenvalue weighted by Crippen LogP contribution is -2.29. The molecule has 0 aromatic heterocycles. The van der Waals surface area contributed by atoms with Gasteiger partial charge >= 0.3 is 17.9 Å². The van der Waals surface area contributed by atoms with Gasteiger partial charge in [0.05, 0.1) is 19.4 Å². The first-order chi connectivity index (χ1) is 10.0. The van der Waals surface area contributed by atoms with Crippen LogP contribution in [0.3, 0.4) is 0 Å². The van der Waals surface area contributed by atoms with E-state index in [9.17, 15) is 19.2 Å². The Morgan fingerprint density at radius 1 is 1.38 bits per heavy atom. The van der Waals surface area contributed by atoms with Crippen LogP contribution in [0.2, 0.25) is 0 Å². The summed E-state index contributed by atoms with van der Waals surface area (Å²) in [5, 5.41) is 2.47. The van der Waals surface area contributed by atoms with E-state index in [1.54, 1.807) is 0 Å². The maximum absolute atomic E-state index is 11.4. The molecule has 1 unspecified atom stereocenters. The van der Waals surface area contributed by atoms with Crippen LogP contribution in [0.25, 0.3) is 0 Å². The van der Waals surface area contributed by atoms with Gasteiger partial charge in [0.2, 0.25) is 12.0 Å². The number of carbonyl (C=O) groups excluding carboxylic acids is 4. The van der Waals surface area contributed by atoms with Crippen molar-refractivity contribution in [2.45, 2.75) is 25.4 Å². The van der Waals surface area contributed by atoms with Crippen molar-refractivity contribution in [3.05, 3.63) is 12.7 Å². The molecule has 21 heavy (non-hydrogen) atoms. The fourth-order valence-corrected chi connectivity index (χ4v) is 1.50. The van der Waals surface area contributed by atoms with Crippen molar-refractivity contribution in [2.24, 2.45) is 0 Å². The summed E-state index contributed by atoms with van der Waals surface area (Å²) in [6.45, 7) is 3.48. The molecule has 0 aliphatic carbocycles. The van der Waals surface area contributed by atoms with E-state index in [1.807, 2.05) is 0 Å². The summed E-state index contributed by atoms with van der Waals surface area (Å²) in [7, 11) is 0. The molecule has 1 rings (SSSR count). The molecule has 0 aromatic carbocycles. The van der Waals surface area contributed by atoms with Gasteiger partial charge in [-0.2, -0.15) is 0 Å². The van der Waals surface area contributed by atoms with Gasteiger partial charge in [-0.05, 0) is 0 Å². The van der Waals surface area contributed by atoms with Gasteiger partial charge in [-0.15, -0.1) is 0 Å². The highest BCUT2D eigenvalue weighted by atomic mass is 16.6. The third kappa shape index (κ3) is 6.55. The minimum Gasteiger partial charge on any atom is -0.463 e. The van der Waals surface area contributed by atoms with Crippen molar-refractivity contribution < 1.29 is 33.4 Å². The minimum absolute atomic E-state index is 0.0103. The first-order valence-electron chi connectivity index (χ1n) is 6.45. The highest BCUT2D eigenvalue weighted by Crippen LogP contribution is 2.10. The van der Waals surface area contributed by atoms with Crippen LogP contribution in [0.4, 0.5) is 0 Å². The first kappa shape index (κ1) is 16.7. The van der Waals surface area contributed by atoms with Crippen LogP contribution in [0.15, 0.2) is 12.7 Å². The monoisotopic (exact) mass is 299 g/mol. The summed E-state index contributed by atoms with van der Waals surface area (Å²) in [5.41, 5.74) is 0. The van der Waals surface area contributed by atoms with E-state index in [-0.39, 0.29) is 38.5 Å². The van der Waals surface area contributed by atoms with E-state index >= 15 is 0 Å². The van der Waals surface area contributed by atoms with Crippen molar-refractivity contribution >= 4 is 23.8 Å². The molecule has 1 heterocycles. The Kier molecular flexibility index (Phi) is 6.93. The molecule has 0 aromatic rings. The van der Waals surface area contributed by atoms with E-state index in [0.717, 1.165) is 6.08 Å². The van der Waals surface area contributed by atoms with E-state index < -0.39 is 24.0 Å². The average Bonchev–Trinajstić information content (AvgIpc) is 2.84. The first-order valence-corrected chi connectivity index (χ1v) is 6.45. The van der Waals surface area contributed by atoms with Crippen molar-refractivity contribution in [2.75, 3.05) is 19.8 Å². The molecule has 8 heteroatoms. The Morgan fingerprint density at radius 2 is 2.14 bits per heavy atom. The maximum Gasteiger partial charge on any atom is 0.347 e. The third-order valence-corrected chi connectivity index (χ3v) is 2.55. The van der Waals surface area contributed by atoms with E-state index in [0.29, 0.717) is 6.42 Å². The molecule has 1 fully saturated rings. The molecule has 1 amide bonds. The summed E-state index contributed by atoms with van der Waals surface area (Å²) in [6.07, 6.45) is 0.450. The van der Waals surface area contributed by atoms with Crippen LogP contribution in [0, 0.1) is 0 Å². The van der Waals surface area contributed by atoms with Crippen molar-refractivity contribution in [3.8, 4) is 0 Å². The normalized spacial score (nSPS) is 16.8. The van der Waals surface area contributed by atoms with Crippen molar-refractivity contribution in [3.63, 3.8) is 0 Å². The summed E-state index contributed by atoms with van der Waals surface area (Å²) in [4.78, 5) is 44.5. The van der Waals surface area contributed by atoms with Gasteiger partial charge in [-0.1, -0.05) is 6.58 Å². The van der Waals surface area contributed by atoms with Gasteiger partial charge in [-0.3, -0.25) is 9.59 Å². The van der Waals surface area contributed by atoms with Crippen LogP contribution in [-0.2, 0) is 33.4 Å². The Morgan fingerprint density at radius 3 is 2.76 bits per heavy atom. The van der Waals surface area contributed by atoms with Crippen LogP contribution in [0.1, 0.15) is 19.3 Å². The molecule has 0 saturated carbocycles. The molecular formula is C13H17NO7. The molecule has 8 nitrogen and oxygen atoms in total. The zero-order valence-electron chi connectivity index (χ0n) is 11.5. The second-order valence-corrected chi connectivity index (χ2v) is 4.16. The van der Waals surface area contributed by atoms with Gasteiger partial charge in [0.15, 0.2) is 0 Å². The quantitative estimate of drug-likeness (QED) is 0.364. The van der Waals surface area contributed by atoms with Gasteiger partial charge in [0, 0.05) is 19.0 Å². The summed E-state index contributed by atoms with van der Waals surface area (Å²) in [6, 6.07) is 0. The predicted molar refractivity (Wildman–Crippen MR) is 68.9 cm³/mol. The number of hydrogen-bond acceptors (Lipinski definition) is 7. The Hall–Kier alpha value is -2.38. The highest BCUT2D eigenvalue weighted by Gasteiger charge is 2.29. The summed E-state index contributed by atoms with van der Waals surface area (Å²) >= 11 is 0. The zero-order valence-corrected chi connectivity index (χ0v) is 11.5. The fourth-order valence-electron chi connectivity index (χ4n) is 1.50. The standard InChI is InChI=1S/C13H17NO7/c1-2-11(16)19-8-5-10(15)14-6-3-12(17)21-9-4-7-20-13(9)18/h2,9H,1,3-8H2,(H,14,15). The van der Waals surface area contributed by atoms with Crippen LogP contribution >= 0.6 is 0 Å². The lowest BCUT2D eigenvalue weighted by Gasteiger charge is -2.09.